The Bertz CT molecular complexity index is 550. The fraction of sp³-hybridized carbons (Fsp3) is 0.588. The Balaban J connectivity index is 2.15. The summed E-state index contributed by atoms with van der Waals surface area (Å²) in [6, 6.07) is 8.79. The number of aryl methyl sites for hydroxylation is 1. The number of fused-ring (bicyclic) bond motifs is 1. The van der Waals surface area contributed by atoms with E-state index in [-0.39, 0.29) is 0 Å². The van der Waals surface area contributed by atoms with Crippen LogP contribution in [-0.4, -0.2) is 35.4 Å². The third-order valence-corrected chi connectivity index (χ3v) is 3.79. The molecule has 0 bridgehead atoms. The largest absolute Gasteiger partial charge is 0.382 e. The number of benzene rings is 1. The highest BCUT2D eigenvalue weighted by Crippen LogP contribution is 2.17. The van der Waals surface area contributed by atoms with E-state index >= 15 is 0 Å². The minimum absolute atomic E-state index is 0.420. The zero-order chi connectivity index (χ0) is 15.1. The summed E-state index contributed by atoms with van der Waals surface area (Å²) in [6.07, 6.45) is 1.97. The standard InChI is InChI=1S/C17H27N3O/c1-4-18-14(11-12-21-6-3)13-17-19-15-9-7-8-10-16(15)20(17)5-2/h7-10,14,18H,4-6,11-13H2,1-3H3. The first-order chi connectivity index (χ1) is 10.3. The predicted molar refractivity (Wildman–Crippen MR) is 87.7 cm³/mol. The number of ether oxygens (including phenoxy) is 1. The summed E-state index contributed by atoms with van der Waals surface area (Å²) < 4.78 is 7.82. The maximum atomic E-state index is 5.50. The van der Waals surface area contributed by atoms with Crippen molar-refractivity contribution in [1.29, 1.82) is 0 Å². The summed E-state index contributed by atoms with van der Waals surface area (Å²) in [5.74, 6) is 1.17. The van der Waals surface area contributed by atoms with Crippen LogP contribution in [0.3, 0.4) is 0 Å². The van der Waals surface area contributed by atoms with Gasteiger partial charge in [-0.1, -0.05) is 19.1 Å². The zero-order valence-electron chi connectivity index (χ0n) is 13.4. The van der Waals surface area contributed by atoms with Gasteiger partial charge in [0.15, 0.2) is 0 Å². The van der Waals surface area contributed by atoms with Gasteiger partial charge in [0.25, 0.3) is 0 Å². The molecule has 4 heteroatoms. The molecule has 0 saturated heterocycles. The number of hydrogen-bond donors (Lipinski definition) is 1. The first-order valence-corrected chi connectivity index (χ1v) is 8.05. The molecular formula is C17H27N3O. The van der Waals surface area contributed by atoms with Gasteiger partial charge in [0, 0.05) is 32.2 Å². The second-order valence-electron chi connectivity index (χ2n) is 5.21. The quantitative estimate of drug-likeness (QED) is 0.721. The molecule has 1 aromatic carbocycles. The fourth-order valence-corrected chi connectivity index (χ4v) is 2.79. The lowest BCUT2D eigenvalue weighted by molar-refractivity contribution is 0.136. The van der Waals surface area contributed by atoms with Gasteiger partial charge in [-0.15, -0.1) is 0 Å². The van der Waals surface area contributed by atoms with E-state index in [1.165, 1.54) is 11.3 Å². The van der Waals surface area contributed by atoms with Gasteiger partial charge in [0.2, 0.25) is 0 Å². The Kier molecular flexibility index (Phi) is 6.21. The molecule has 21 heavy (non-hydrogen) atoms. The van der Waals surface area contributed by atoms with E-state index in [0.717, 1.165) is 44.7 Å². The minimum Gasteiger partial charge on any atom is -0.382 e. The van der Waals surface area contributed by atoms with Crippen LogP contribution in [0, 0.1) is 0 Å². The molecule has 0 aliphatic rings. The molecule has 116 valence electrons. The van der Waals surface area contributed by atoms with Crippen molar-refractivity contribution in [3.05, 3.63) is 30.1 Å². The van der Waals surface area contributed by atoms with E-state index in [1.54, 1.807) is 0 Å². The van der Waals surface area contributed by atoms with E-state index in [2.05, 4.69) is 48.0 Å². The van der Waals surface area contributed by atoms with Crippen LogP contribution in [0.5, 0.6) is 0 Å². The minimum atomic E-state index is 0.420. The molecule has 1 heterocycles. The third-order valence-electron chi connectivity index (χ3n) is 3.79. The number of likely N-dealkylation sites (N-methyl/N-ethyl adjacent to an activating group) is 1. The average molecular weight is 289 g/mol. The molecule has 1 unspecified atom stereocenters. The average Bonchev–Trinajstić information content (AvgIpc) is 2.84. The van der Waals surface area contributed by atoms with Gasteiger partial charge in [0.05, 0.1) is 11.0 Å². The number of rotatable bonds is 9. The van der Waals surface area contributed by atoms with Crippen molar-refractivity contribution in [2.75, 3.05) is 19.8 Å². The Morgan fingerprint density at radius 2 is 2.05 bits per heavy atom. The smallest absolute Gasteiger partial charge is 0.111 e. The molecule has 1 N–H and O–H groups in total. The van der Waals surface area contributed by atoms with Crippen LogP contribution < -0.4 is 5.32 Å². The third kappa shape index (κ3) is 4.05. The van der Waals surface area contributed by atoms with Gasteiger partial charge in [-0.3, -0.25) is 0 Å². The van der Waals surface area contributed by atoms with Gasteiger partial charge in [-0.2, -0.15) is 0 Å². The highest BCUT2D eigenvalue weighted by atomic mass is 16.5. The van der Waals surface area contributed by atoms with Gasteiger partial charge in [-0.25, -0.2) is 4.98 Å². The number of aromatic nitrogens is 2. The lowest BCUT2D eigenvalue weighted by Crippen LogP contribution is -2.33. The van der Waals surface area contributed by atoms with Crippen LogP contribution in [0.4, 0.5) is 0 Å². The molecule has 0 amide bonds. The molecule has 2 aromatic rings. The van der Waals surface area contributed by atoms with Crippen LogP contribution in [0.15, 0.2) is 24.3 Å². The summed E-state index contributed by atoms with van der Waals surface area (Å²) >= 11 is 0. The first-order valence-electron chi connectivity index (χ1n) is 8.05. The molecule has 1 aromatic heterocycles. The van der Waals surface area contributed by atoms with Gasteiger partial charge in [0.1, 0.15) is 5.82 Å². The number of nitrogens with zero attached hydrogens (tertiary/aromatic N) is 2. The Hall–Kier alpha value is -1.39. The zero-order valence-corrected chi connectivity index (χ0v) is 13.4. The molecule has 1 atom stereocenters. The topological polar surface area (TPSA) is 39.1 Å². The SMILES string of the molecule is CCNC(CCOCC)Cc1nc2ccccc2n1CC. The molecular weight excluding hydrogens is 262 g/mol. The summed E-state index contributed by atoms with van der Waals surface area (Å²) in [4.78, 5) is 4.82. The maximum Gasteiger partial charge on any atom is 0.111 e. The molecule has 0 spiro atoms. The van der Waals surface area contributed by atoms with Crippen molar-refractivity contribution in [2.45, 2.75) is 46.2 Å². The Morgan fingerprint density at radius 3 is 2.76 bits per heavy atom. The van der Waals surface area contributed by atoms with Gasteiger partial charge in [-0.05, 0) is 38.9 Å². The maximum absolute atomic E-state index is 5.50. The van der Waals surface area contributed by atoms with Crippen molar-refractivity contribution < 1.29 is 4.74 Å². The highest BCUT2D eigenvalue weighted by Gasteiger charge is 2.14. The van der Waals surface area contributed by atoms with Crippen LogP contribution in [0.1, 0.15) is 33.0 Å². The number of hydrogen-bond acceptors (Lipinski definition) is 3. The van der Waals surface area contributed by atoms with Crippen molar-refractivity contribution in [2.24, 2.45) is 0 Å². The van der Waals surface area contributed by atoms with Crippen LogP contribution in [0.25, 0.3) is 11.0 Å². The molecule has 0 radical (unpaired) electrons. The molecule has 2 rings (SSSR count). The first kappa shape index (κ1) is 16.0. The lowest BCUT2D eigenvalue weighted by atomic mass is 10.1. The number of imidazole rings is 1. The van der Waals surface area contributed by atoms with E-state index in [4.69, 9.17) is 9.72 Å². The van der Waals surface area contributed by atoms with E-state index in [0.29, 0.717) is 6.04 Å². The number of para-hydroxylation sites is 2. The van der Waals surface area contributed by atoms with Crippen LogP contribution in [-0.2, 0) is 17.7 Å². The molecule has 0 aliphatic carbocycles. The molecule has 0 aliphatic heterocycles. The summed E-state index contributed by atoms with van der Waals surface area (Å²) in [6.45, 7) is 9.89. The summed E-state index contributed by atoms with van der Waals surface area (Å²) in [5, 5.41) is 3.55. The van der Waals surface area contributed by atoms with Crippen molar-refractivity contribution in [3.63, 3.8) is 0 Å². The van der Waals surface area contributed by atoms with Crippen molar-refractivity contribution >= 4 is 11.0 Å². The van der Waals surface area contributed by atoms with E-state index in [1.807, 2.05) is 6.92 Å². The lowest BCUT2D eigenvalue weighted by Gasteiger charge is -2.18. The second-order valence-corrected chi connectivity index (χ2v) is 5.21. The second kappa shape index (κ2) is 8.15. The van der Waals surface area contributed by atoms with Gasteiger partial charge < -0.3 is 14.6 Å². The highest BCUT2D eigenvalue weighted by molar-refractivity contribution is 5.75. The van der Waals surface area contributed by atoms with Crippen molar-refractivity contribution in [3.8, 4) is 0 Å². The fourth-order valence-electron chi connectivity index (χ4n) is 2.79. The van der Waals surface area contributed by atoms with Crippen LogP contribution >= 0.6 is 0 Å². The summed E-state index contributed by atoms with van der Waals surface area (Å²) in [5.41, 5.74) is 2.32. The molecule has 0 fully saturated rings. The van der Waals surface area contributed by atoms with Gasteiger partial charge >= 0.3 is 0 Å². The van der Waals surface area contributed by atoms with E-state index < -0.39 is 0 Å². The molecule has 4 nitrogen and oxygen atoms in total. The Morgan fingerprint density at radius 1 is 1.24 bits per heavy atom. The van der Waals surface area contributed by atoms with E-state index in [9.17, 15) is 0 Å². The monoisotopic (exact) mass is 289 g/mol. The Labute approximate surface area is 127 Å². The molecule has 0 saturated carbocycles. The normalized spacial score (nSPS) is 12.9. The predicted octanol–water partition coefficient (Wildman–Crippen LogP) is 3.00. The van der Waals surface area contributed by atoms with Crippen LogP contribution in [0.2, 0.25) is 0 Å². The summed E-state index contributed by atoms with van der Waals surface area (Å²) in [7, 11) is 0. The van der Waals surface area contributed by atoms with Crippen molar-refractivity contribution in [1.82, 2.24) is 14.9 Å². The number of nitrogens with one attached hydrogen (secondary N) is 1.